The van der Waals surface area contributed by atoms with Crippen molar-refractivity contribution in [2.24, 2.45) is 5.73 Å². The van der Waals surface area contributed by atoms with E-state index < -0.39 is 30.4 Å². The van der Waals surface area contributed by atoms with E-state index in [9.17, 15) is 14.4 Å². The molecule has 8 heteroatoms. The molecule has 7 nitrogen and oxygen atoms in total. The summed E-state index contributed by atoms with van der Waals surface area (Å²) in [5, 5.41) is 13.2. The van der Waals surface area contributed by atoms with Crippen LogP contribution < -0.4 is 11.1 Å². The summed E-state index contributed by atoms with van der Waals surface area (Å²) >= 11 is 1.59. The zero-order valence-electron chi connectivity index (χ0n) is 11.9. The van der Waals surface area contributed by atoms with Gasteiger partial charge >= 0.3 is 12.0 Å². The number of amides is 3. The average Bonchev–Trinajstić information content (AvgIpc) is 2.88. The maximum atomic E-state index is 12.0. The van der Waals surface area contributed by atoms with E-state index in [1.54, 1.807) is 18.4 Å². The van der Waals surface area contributed by atoms with Gasteiger partial charge in [0.05, 0.1) is 6.42 Å². The van der Waals surface area contributed by atoms with Crippen LogP contribution in [0.15, 0.2) is 17.5 Å². The molecule has 3 amide bonds. The fraction of sp³-hybridized carbons (Fsp3) is 0.462. The molecular weight excluding hydrogens is 294 g/mol. The lowest BCUT2D eigenvalue weighted by Crippen LogP contribution is -2.50. The molecule has 0 saturated heterocycles. The number of nitrogens with zero attached hydrogens (tertiary/aromatic N) is 1. The van der Waals surface area contributed by atoms with Crippen LogP contribution in [-0.2, 0) is 16.0 Å². The molecule has 0 saturated carbocycles. The van der Waals surface area contributed by atoms with Crippen molar-refractivity contribution in [2.45, 2.75) is 31.8 Å². The molecule has 1 aromatic heterocycles. The first-order valence-corrected chi connectivity index (χ1v) is 7.26. The van der Waals surface area contributed by atoms with Crippen LogP contribution in [-0.4, -0.2) is 47.0 Å². The van der Waals surface area contributed by atoms with Crippen LogP contribution in [0.3, 0.4) is 0 Å². The molecule has 0 aromatic carbocycles. The van der Waals surface area contributed by atoms with Gasteiger partial charge in [0.2, 0.25) is 5.91 Å². The van der Waals surface area contributed by atoms with Crippen LogP contribution in [0, 0.1) is 0 Å². The van der Waals surface area contributed by atoms with E-state index in [1.807, 2.05) is 24.4 Å². The highest BCUT2D eigenvalue weighted by atomic mass is 32.1. The number of primary amides is 1. The molecule has 2 atom stereocenters. The molecule has 0 bridgehead atoms. The molecule has 1 rings (SSSR count). The van der Waals surface area contributed by atoms with E-state index in [2.05, 4.69) is 5.32 Å². The number of aliphatic carboxylic acids is 1. The second-order valence-corrected chi connectivity index (χ2v) is 5.79. The summed E-state index contributed by atoms with van der Waals surface area (Å²) in [5.41, 5.74) is 4.97. The zero-order valence-corrected chi connectivity index (χ0v) is 12.7. The van der Waals surface area contributed by atoms with Gasteiger partial charge in [0, 0.05) is 24.4 Å². The number of urea groups is 1. The number of carbonyl (C=O) groups excluding carboxylic acids is 2. The van der Waals surface area contributed by atoms with Crippen LogP contribution in [0.25, 0.3) is 0 Å². The summed E-state index contributed by atoms with van der Waals surface area (Å²) in [5.74, 6) is -2.07. The zero-order chi connectivity index (χ0) is 16.0. The standard InChI is InChI=1S/C13H19N3O4S/c1-8(6-9-4-3-5-21-9)16(2)13(20)15-10(12(18)19)7-11(14)17/h3-5,8,10H,6-7H2,1-2H3,(H2,14,17)(H,15,20)(H,18,19)/t8?,10-/m1/s1. The van der Waals surface area contributed by atoms with Crippen LogP contribution >= 0.6 is 11.3 Å². The third-order valence-corrected chi connectivity index (χ3v) is 3.96. The van der Waals surface area contributed by atoms with Crippen molar-refractivity contribution in [1.82, 2.24) is 10.2 Å². The summed E-state index contributed by atoms with van der Waals surface area (Å²) in [7, 11) is 1.58. The topological polar surface area (TPSA) is 113 Å². The van der Waals surface area contributed by atoms with Gasteiger partial charge in [-0.2, -0.15) is 0 Å². The number of rotatable bonds is 7. The lowest BCUT2D eigenvalue weighted by Gasteiger charge is -2.26. The van der Waals surface area contributed by atoms with Crippen molar-refractivity contribution in [2.75, 3.05) is 7.05 Å². The summed E-state index contributed by atoms with van der Waals surface area (Å²) in [6.45, 7) is 1.86. The average molecular weight is 313 g/mol. The molecule has 4 N–H and O–H groups in total. The lowest BCUT2D eigenvalue weighted by molar-refractivity contribution is -0.141. The largest absolute Gasteiger partial charge is 0.480 e. The molecular formula is C13H19N3O4S. The molecule has 0 spiro atoms. The normalized spacial score (nSPS) is 13.2. The summed E-state index contributed by atoms with van der Waals surface area (Å²) in [6.07, 6.45) is 0.239. The van der Waals surface area contributed by atoms with E-state index in [1.165, 1.54) is 4.90 Å². The van der Waals surface area contributed by atoms with Crippen molar-refractivity contribution in [1.29, 1.82) is 0 Å². The number of nitrogens with two attached hydrogens (primary N) is 1. The highest BCUT2D eigenvalue weighted by molar-refractivity contribution is 7.09. The number of likely N-dealkylation sites (N-methyl/N-ethyl adjacent to an activating group) is 1. The predicted molar refractivity (Wildman–Crippen MR) is 79.0 cm³/mol. The second kappa shape index (κ2) is 7.63. The van der Waals surface area contributed by atoms with E-state index >= 15 is 0 Å². The van der Waals surface area contributed by atoms with Gasteiger partial charge in [0.25, 0.3) is 0 Å². The minimum Gasteiger partial charge on any atom is -0.480 e. The third kappa shape index (κ3) is 5.42. The minimum atomic E-state index is -1.31. The monoisotopic (exact) mass is 313 g/mol. The number of hydrogen-bond donors (Lipinski definition) is 3. The molecule has 0 aliphatic carbocycles. The lowest BCUT2D eigenvalue weighted by atomic mass is 10.2. The molecule has 116 valence electrons. The third-order valence-electron chi connectivity index (χ3n) is 3.06. The van der Waals surface area contributed by atoms with Crippen LogP contribution in [0.1, 0.15) is 18.2 Å². The van der Waals surface area contributed by atoms with Gasteiger partial charge in [0.15, 0.2) is 0 Å². The number of nitrogens with one attached hydrogen (secondary N) is 1. The number of carbonyl (C=O) groups is 3. The van der Waals surface area contributed by atoms with Crippen molar-refractivity contribution >= 4 is 29.2 Å². The highest BCUT2D eigenvalue weighted by Gasteiger charge is 2.25. The van der Waals surface area contributed by atoms with Gasteiger partial charge < -0.3 is 21.1 Å². The molecule has 0 aliphatic heterocycles. The molecule has 0 fully saturated rings. The number of hydrogen-bond acceptors (Lipinski definition) is 4. The summed E-state index contributed by atoms with van der Waals surface area (Å²) in [4.78, 5) is 36.3. The maximum absolute atomic E-state index is 12.0. The van der Waals surface area contributed by atoms with Crippen molar-refractivity contribution in [3.63, 3.8) is 0 Å². The molecule has 0 aliphatic rings. The Bertz CT molecular complexity index is 504. The summed E-state index contributed by atoms with van der Waals surface area (Å²) < 4.78 is 0. The molecule has 0 radical (unpaired) electrons. The Labute approximate surface area is 126 Å². The van der Waals surface area contributed by atoms with Gasteiger partial charge in [-0.1, -0.05) is 6.07 Å². The van der Waals surface area contributed by atoms with Gasteiger partial charge in [-0.15, -0.1) is 11.3 Å². The highest BCUT2D eigenvalue weighted by Crippen LogP contribution is 2.13. The fourth-order valence-electron chi connectivity index (χ4n) is 1.71. The SMILES string of the molecule is CC(Cc1cccs1)N(C)C(=O)N[C@H](CC(N)=O)C(=O)O. The maximum Gasteiger partial charge on any atom is 0.326 e. The number of thiophene rings is 1. The van der Waals surface area contributed by atoms with Crippen molar-refractivity contribution in [3.8, 4) is 0 Å². The Morgan fingerprint density at radius 3 is 2.62 bits per heavy atom. The Morgan fingerprint density at radius 1 is 1.48 bits per heavy atom. The van der Waals surface area contributed by atoms with Crippen molar-refractivity contribution < 1.29 is 19.5 Å². The first-order chi connectivity index (χ1) is 9.81. The number of carboxylic acids is 1. The molecule has 1 aromatic rings. The molecule has 1 heterocycles. The van der Waals surface area contributed by atoms with Crippen molar-refractivity contribution in [3.05, 3.63) is 22.4 Å². The van der Waals surface area contributed by atoms with E-state index in [4.69, 9.17) is 10.8 Å². The molecule has 1 unspecified atom stereocenters. The Balaban J connectivity index is 2.59. The first kappa shape index (κ1) is 17.0. The second-order valence-electron chi connectivity index (χ2n) is 4.75. The fourth-order valence-corrected chi connectivity index (χ4v) is 2.54. The van der Waals surface area contributed by atoms with Gasteiger partial charge in [-0.25, -0.2) is 9.59 Å². The van der Waals surface area contributed by atoms with Crippen LogP contribution in [0.5, 0.6) is 0 Å². The molecule has 21 heavy (non-hydrogen) atoms. The number of carboxylic acid groups (broad SMARTS) is 1. The van der Waals surface area contributed by atoms with Crippen LogP contribution in [0.4, 0.5) is 4.79 Å². The quantitative estimate of drug-likeness (QED) is 0.686. The van der Waals surface area contributed by atoms with E-state index in [-0.39, 0.29) is 6.04 Å². The Hall–Kier alpha value is -2.09. The summed E-state index contributed by atoms with van der Waals surface area (Å²) in [6, 6.07) is 1.94. The smallest absolute Gasteiger partial charge is 0.326 e. The van der Waals surface area contributed by atoms with E-state index in [0.29, 0.717) is 6.42 Å². The Kier molecular flexibility index (Phi) is 6.16. The van der Waals surface area contributed by atoms with Gasteiger partial charge in [0.1, 0.15) is 6.04 Å². The predicted octanol–water partition coefficient (Wildman–Crippen LogP) is 0.649. The van der Waals surface area contributed by atoms with Gasteiger partial charge in [-0.3, -0.25) is 4.79 Å². The minimum absolute atomic E-state index is 0.105. The van der Waals surface area contributed by atoms with Gasteiger partial charge in [-0.05, 0) is 18.4 Å². The Morgan fingerprint density at radius 2 is 2.14 bits per heavy atom. The first-order valence-electron chi connectivity index (χ1n) is 6.38. The van der Waals surface area contributed by atoms with E-state index in [0.717, 1.165) is 4.88 Å². The van der Waals surface area contributed by atoms with Crippen LogP contribution in [0.2, 0.25) is 0 Å².